The van der Waals surface area contributed by atoms with E-state index < -0.39 is 42.1 Å². The van der Waals surface area contributed by atoms with Crippen molar-refractivity contribution in [3.8, 4) is 5.75 Å². The van der Waals surface area contributed by atoms with Gasteiger partial charge in [-0.15, -0.1) is 0 Å². The zero-order chi connectivity index (χ0) is 33.5. The van der Waals surface area contributed by atoms with Crippen LogP contribution in [-0.4, -0.2) is 63.9 Å². The van der Waals surface area contributed by atoms with Crippen LogP contribution in [0.1, 0.15) is 116 Å². The van der Waals surface area contributed by atoms with E-state index in [2.05, 4.69) is 12.2 Å². The van der Waals surface area contributed by atoms with Crippen molar-refractivity contribution in [2.24, 2.45) is 5.92 Å². The number of alkyl halides is 1. The predicted octanol–water partition coefficient (Wildman–Crippen LogP) is 6.60. The molecule has 3 atom stereocenters. The molecule has 0 bridgehead atoms. The lowest BCUT2D eigenvalue weighted by molar-refractivity contribution is -0.167. The number of unbranched alkanes of at least 4 members (excludes halogenated alkanes) is 8. The van der Waals surface area contributed by atoms with Crippen molar-refractivity contribution in [1.29, 1.82) is 0 Å². The minimum Gasteiger partial charge on any atom is -0.494 e. The van der Waals surface area contributed by atoms with Gasteiger partial charge in [0.15, 0.2) is 5.60 Å². The Hall–Kier alpha value is -3.27. The summed E-state index contributed by atoms with van der Waals surface area (Å²) in [6.45, 7) is 3.57. The molecule has 0 aliphatic heterocycles. The molecule has 1 amide bonds. The van der Waals surface area contributed by atoms with Crippen molar-refractivity contribution in [2.75, 3.05) is 13.3 Å². The van der Waals surface area contributed by atoms with Gasteiger partial charge in [0.05, 0.1) is 19.2 Å². The smallest absolute Gasteiger partial charge is 0.336 e. The first-order chi connectivity index (χ1) is 21.6. The van der Waals surface area contributed by atoms with E-state index in [9.17, 15) is 38.9 Å². The Kier molecular flexibility index (Phi) is 20.4. The molecule has 4 N–H and O–H groups in total. The van der Waals surface area contributed by atoms with E-state index in [0.717, 1.165) is 38.5 Å². The molecule has 0 saturated heterocycles. The van der Waals surface area contributed by atoms with Crippen LogP contribution >= 0.6 is 0 Å². The second-order valence-corrected chi connectivity index (χ2v) is 11.7. The molecule has 1 aromatic rings. The highest BCUT2D eigenvalue weighted by Crippen LogP contribution is 2.27. The molecule has 0 unspecified atom stereocenters. The first-order valence-electron chi connectivity index (χ1n) is 16.5. The number of allylic oxidation sites excluding steroid dienone is 1. The molecule has 1 rings (SSSR count). The summed E-state index contributed by atoms with van der Waals surface area (Å²) >= 11 is 0. The summed E-state index contributed by atoms with van der Waals surface area (Å²) in [6.07, 6.45) is 14.0. The van der Waals surface area contributed by atoms with E-state index >= 15 is 0 Å². The molecule has 10 heteroatoms. The van der Waals surface area contributed by atoms with Gasteiger partial charge < -0.3 is 25.4 Å². The van der Waals surface area contributed by atoms with Gasteiger partial charge in [-0.2, -0.15) is 0 Å². The minimum absolute atomic E-state index is 0.0805. The molecule has 0 spiro atoms. The highest BCUT2D eigenvalue weighted by Gasteiger charge is 2.46. The quantitative estimate of drug-likeness (QED) is 0.0624. The van der Waals surface area contributed by atoms with Crippen molar-refractivity contribution < 1.29 is 43.6 Å². The van der Waals surface area contributed by atoms with E-state index in [1.54, 1.807) is 37.3 Å². The number of Topliss-reactive ketones (excluding diaryl/α,β-unsaturated/α-hetero) is 1. The molecular formula is C35H54FNO8. The Bertz CT molecular complexity index is 1040. The molecule has 0 aliphatic carbocycles. The Balaban J connectivity index is 2.75. The Morgan fingerprint density at radius 2 is 1.51 bits per heavy atom. The van der Waals surface area contributed by atoms with Gasteiger partial charge in [-0.3, -0.25) is 14.0 Å². The third-order valence-electron chi connectivity index (χ3n) is 7.79. The van der Waals surface area contributed by atoms with Crippen LogP contribution in [0.3, 0.4) is 0 Å². The third-order valence-corrected chi connectivity index (χ3v) is 7.79. The number of carboxylic acid groups (broad SMARTS) is 2. The van der Waals surface area contributed by atoms with Crippen LogP contribution in [0.2, 0.25) is 0 Å². The van der Waals surface area contributed by atoms with Gasteiger partial charge in [0.25, 0.3) is 0 Å². The lowest BCUT2D eigenvalue weighted by Gasteiger charge is -2.30. The van der Waals surface area contributed by atoms with E-state index in [-0.39, 0.29) is 25.9 Å². The highest BCUT2D eigenvalue weighted by atomic mass is 19.1. The number of amides is 1. The standard InChI is InChI=1S/C35H54FNO8/c1-3-5-6-9-12-16-28(38)17-13-10-7-8-11-14-18-30(35(44,23-4-2)34(42)43)32(39)37-31(33(40)41)26-27-19-21-29(22-20-27)45-25-15-24-36/h14,18-22,30-31,44H,3-13,15-17,23-26H2,1-2H3,(H,37,39)(H,40,41)(H,42,43)/t30-,31+,35+/m1/s1. The van der Waals surface area contributed by atoms with Gasteiger partial charge >= 0.3 is 11.9 Å². The van der Waals surface area contributed by atoms with Crippen LogP contribution in [0, 0.1) is 5.92 Å². The second kappa shape index (κ2) is 23.1. The van der Waals surface area contributed by atoms with Crippen LogP contribution < -0.4 is 10.1 Å². The molecule has 0 aliphatic rings. The maximum atomic E-state index is 13.3. The zero-order valence-electron chi connectivity index (χ0n) is 27.1. The zero-order valence-corrected chi connectivity index (χ0v) is 27.1. The first-order valence-corrected chi connectivity index (χ1v) is 16.5. The van der Waals surface area contributed by atoms with Crippen LogP contribution in [0.4, 0.5) is 4.39 Å². The SMILES string of the molecule is CCCCCCCC(=O)CCCCCCC=C[C@H](C(=O)N[C@@H](Cc1ccc(OCCCF)cc1)C(=O)O)[C@@](O)(CCC)C(=O)O. The fourth-order valence-corrected chi connectivity index (χ4v) is 5.12. The minimum atomic E-state index is -2.41. The van der Waals surface area contributed by atoms with Crippen molar-refractivity contribution in [1.82, 2.24) is 5.32 Å². The number of hydrogen-bond donors (Lipinski definition) is 4. The molecule has 0 radical (unpaired) electrons. The number of ketones is 1. The summed E-state index contributed by atoms with van der Waals surface area (Å²) in [5.41, 5.74) is -1.82. The molecule has 0 saturated carbocycles. The molecule has 0 fully saturated rings. The Morgan fingerprint density at radius 1 is 0.889 bits per heavy atom. The summed E-state index contributed by atoms with van der Waals surface area (Å²) in [6, 6.07) is 5.15. The summed E-state index contributed by atoms with van der Waals surface area (Å²) in [5.74, 6) is -4.45. The maximum absolute atomic E-state index is 13.3. The molecule has 9 nitrogen and oxygen atoms in total. The fraction of sp³-hybridized carbons (Fsp3) is 0.657. The van der Waals surface area contributed by atoms with Crippen LogP contribution in [0.15, 0.2) is 36.4 Å². The number of ether oxygens (including phenoxy) is 1. The number of carboxylic acids is 2. The number of aliphatic hydroxyl groups is 1. The number of nitrogens with one attached hydrogen (secondary N) is 1. The van der Waals surface area contributed by atoms with Crippen molar-refractivity contribution in [2.45, 2.75) is 128 Å². The number of benzene rings is 1. The number of carbonyl (C=O) groups is 4. The summed E-state index contributed by atoms with van der Waals surface area (Å²) in [5, 5.41) is 33.2. The fourth-order valence-electron chi connectivity index (χ4n) is 5.12. The first kappa shape index (κ1) is 39.8. The monoisotopic (exact) mass is 635 g/mol. The van der Waals surface area contributed by atoms with Crippen LogP contribution in [0.25, 0.3) is 0 Å². The molecule has 45 heavy (non-hydrogen) atoms. The molecule has 254 valence electrons. The van der Waals surface area contributed by atoms with E-state index in [4.69, 9.17) is 4.74 Å². The third kappa shape index (κ3) is 16.0. The summed E-state index contributed by atoms with van der Waals surface area (Å²) in [7, 11) is 0. The average molecular weight is 636 g/mol. The number of carbonyl (C=O) groups excluding carboxylic acids is 2. The molecule has 0 aromatic heterocycles. The molecule has 1 aromatic carbocycles. The normalized spacial score (nSPS) is 14.0. The van der Waals surface area contributed by atoms with E-state index in [0.29, 0.717) is 42.8 Å². The summed E-state index contributed by atoms with van der Waals surface area (Å²) < 4.78 is 17.7. The van der Waals surface area contributed by atoms with Crippen molar-refractivity contribution in [3.63, 3.8) is 0 Å². The Labute approximate surface area is 267 Å². The van der Waals surface area contributed by atoms with Gasteiger partial charge in [-0.05, 0) is 49.8 Å². The number of rotatable bonds is 27. The van der Waals surface area contributed by atoms with Gasteiger partial charge in [0, 0.05) is 25.7 Å². The lowest BCUT2D eigenvalue weighted by atomic mass is 9.82. The Morgan fingerprint density at radius 3 is 2.07 bits per heavy atom. The average Bonchev–Trinajstić information content (AvgIpc) is 3.00. The van der Waals surface area contributed by atoms with Crippen molar-refractivity contribution >= 4 is 23.6 Å². The van der Waals surface area contributed by atoms with Gasteiger partial charge in [-0.25, -0.2) is 9.59 Å². The van der Waals surface area contributed by atoms with E-state index in [1.165, 1.54) is 25.3 Å². The predicted molar refractivity (Wildman–Crippen MR) is 172 cm³/mol. The lowest BCUT2D eigenvalue weighted by Crippen LogP contribution is -2.54. The highest BCUT2D eigenvalue weighted by molar-refractivity contribution is 5.92. The number of halogens is 1. The second-order valence-electron chi connectivity index (χ2n) is 11.7. The van der Waals surface area contributed by atoms with E-state index in [1.807, 2.05) is 0 Å². The van der Waals surface area contributed by atoms with Gasteiger partial charge in [0.1, 0.15) is 17.6 Å². The molecule has 0 heterocycles. The topological polar surface area (TPSA) is 150 Å². The van der Waals surface area contributed by atoms with Crippen molar-refractivity contribution in [3.05, 3.63) is 42.0 Å². The number of hydrogen-bond acceptors (Lipinski definition) is 6. The van der Waals surface area contributed by atoms with Gasteiger partial charge in [0.2, 0.25) is 5.91 Å². The molecular weight excluding hydrogens is 581 g/mol. The van der Waals surface area contributed by atoms with Crippen LogP contribution in [0.5, 0.6) is 5.75 Å². The summed E-state index contributed by atoms with van der Waals surface area (Å²) in [4.78, 5) is 49.6. The number of aliphatic carboxylic acids is 2. The maximum Gasteiger partial charge on any atom is 0.336 e. The van der Waals surface area contributed by atoms with Crippen LogP contribution in [-0.2, 0) is 25.6 Å². The largest absolute Gasteiger partial charge is 0.494 e. The van der Waals surface area contributed by atoms with Gasteiger partial charge in [-0.1, -0.05) is 83.1 Å².